The van der Waals surface area contributed by atoms with E-state index in [1.165, 1.54) is 6.07 Å². The van der Waals surface area contributed by atoms with E-state index in [1.54, 1.807) is 18.2 Å². The summed E-state index contributed by atoms with van der Waals surface area (Å²) in [6, 6.07) is 10.4. The van der Waals surface area contributed by atoms with Crippen molar-refractivity contribution in [2.45, 2.75) is 13.8 Å². The van der Waals surface area contributed by atoms with E-state index in [-0.39, 0.29) is 18.3 Å². The summed E-state index contributed by atoms with van der Waals surface area (Å²) < 4.78 is 10.4. The number of anilines is 1. The van der Waals surface area contributed by atoms with Gasteiger partial charge in [-0.25, -0.2) is 4.79 Å². The quantitative estimate of drug-likeness (QED) is 0.537. The second-order valence-corrected chi connectivity index (χ2v) is 6.77. The number of nitrogens with one attached hydrogen (secondary N) is 2. The summed E-state index contributed by atoms with van der Waals surface area (Å²) >= 11 is 0. The lowest BCUT2D eigenvalue weighted by Gasteiger charge is -2.18. The van der Waals surface area contributed by atoms with E-state index >= 15 is 0 Å². The molecule has 0 saturated heterocycles. The second-order valence-electron chi connectivity index (χ2n) is 6.77. The molecule has 0 aliphatic carbocycles. The van der Waals surface area contributed by atoms with Gasteiger partial charge in [0.25, 0.3) is 5.91 Å². The van der Waals surface area contributed by atoms with Crippen LogP contribution in [0.3, 0.4) is 0 Å². The highest BCUT2D eigenvalue weighted by Gasteiger charge is 2.19. The Balaban J connectivity index is 1.46. The van der Waals surface area contributed by atoms with Gasteiger partial charge >= 0.3 is 5.97 Å². The molecule has 2 N–H and O–H groups in total. The molecular weight excluding hydrogens is 360 g/mol. The lowest BCUT2D eigenvalue weighted by atomic mass is 10.1. The predicted molar refractivity (Wildman–Crippen MR) is 103 cm³/mol. The Morgan fingerprint density at radius 2 is 1.96 bits per heavy atom. The van der Waals surface area contributed by atoms with E-state index in [9.17, 15) is 14.4 Å². The van der Waals surface area contributed by atoms with Crippen molar-refractivity contribution in [1.82, 2.24) is 4.98 Å². The number of ketones is 1. The third-order valence-electron chi connectivity index (χ3n) is 4.58. The maximum Gasteiger partial charge on any atom is 0.355 e. The number of ether oxygens (including phenoxy) is 2. The Bertz CT molecular complexity index is 1130. The second kappa shape index (κ2) is 6.84. The van der Waals surface area contributed by atoms with Crippen molar-refractivity contribution in [3.8, 4) is 5.75 Å². The number of hydrogen-bond donors (Lipinski definition) is 2. The maximum atomic E-state index is 12.4. The molecule has 0 bridgehead atoms. The van der Waals surface area contributed by atoms with E-state index in [1.807, 2.05) is 26.0 Å². The molecule has 0 unspecified atom stereocenters. The van der Waals surface area contributed by atoms with E-state index in [0.29, 0.717) is 22.7 Å². The van der Waals surface area contributed by atoms with Crippen molar-refractivity contribution in [2.75, 3.05) is 18.5 Å². The molecule has 2 aromatic carbocycles. The van der Waals surface area contributed by atoms with Gasteiger partial charge in [-0.3, -0.25) is 9.59 Å². The van der Waals surface area contributed by atoms with Gasteiger partial charge in [-0.15, -0.1) is 0 Å². The van der Waals surface area contributed by atoms with Gasteiger partial charge in [0, 0.05) is 16.5 Å². The Morgan fingerprint density at radius 3 is 2.79 bits per heavy atom. The largest absolute Gasteiger partial charge is 0.482 e. The average molecular weight is 378 g/mol. The van der Waals surface area contributed by atoms with Gasteiger partial charge in [0.05, 0.1) is 5.69 Å². The molecule has 1 aromatic heterocycles. The van der Waals surface area contributed by atoms with E-state index in [2.05, 4.69) is 10.3 Å². The molecule has 0 saturated carbocycles. The van der Waals surface area contributed by atoms with Gasteiger partial charge in [0.1, 0.15) is 11.4 Å². The fourth-order valence-electron chi connectivity index (χ4n) is 3.26. The third-order valence-corrected chi connectivity index (χ3v) is 4.58. The van der Waals surface area contributed by atoms with Crippen LogP contribution in [-0.2, 0) is 9.53 Å². The summed E-state index contributed by atoms with van der Waals surface area (Å²) in [6.07, 6.45) is 0. The Hall–Kier alpha value is -3.61. The van der Waals surface area contributed by atoms with Crippen LogP contribution in [0.2, 0.25) is 0 Å². The normalized spacial score (nSPS) is 12.9. The Labute approximate surface area is 160 Å². The highest BCUT2D eigenvalue weighted by Crippen LogP contribution is 2.28. The van der Waals surface area contributed by atoms with Gasteiger partial charge < -0.3 is 19.8 Å². The van der Waals surface area contributed by atoms with Gasteiger partial charge in [0.2, 0.25) is 0 Å². The van der Waals surface area contributed by atoms with Crippen LogP contribution in [0.25, 0.3) is 10.9 Å². The summed E-state index contributed by atoms with van der Waals surface area (Å²) in [7, 11) is 0. The van der Waals surface area contributed by atoms with Crippen molar-refractivity contribution < 1.29 is 23.9 Å². The third kappa shape index (κ3) is 3.34. The number of aryl methyl sites for hydroxylation is 2. The number of aromatic amines is 1. The standard InChI is InChI=1S/C21H18N2O5/c1-11-5-12(2)14-8-17(22-15(14)6-11)21(26)28-9-18(24)13-3-4-19-16(7-13)23-20(25)10-27-19/h3-8,22H,9-10H2,1-2H3,(H,23,25). The fourth-order valence-corrected chi connectivity index (χ4v) is 3.26. The van der Waals surface area contributed by atoms with Crippen LogP contribution < -0.4 is 10.1 Å². The number of hydrogen-bond acceptors (Lipinski definition) is 5. The highest BCUT2D eigenvalue weighted by molar-refractivity contribution is 6.03. The fraction of sp³-hybridized carbons (Fsp3) is 0.190. The number of carbonyl (C=O) groups excluding carboxylic acids is 3. The molecule has 0 spiro atoms. The first kappa shape index (κ1) is 17.8. The summed E-state index contributed by atoms with van der Waals surface area (Å²) in [4.78, 5) is 39.2. The number of H-pyrrole nitrogens is 1. The minimum Gasteiger partial charge on any atom is -0.482 e. The molecule has 1 aliphatic heterocycles. The van der Waals surface area contributed by atoms with Crippen molar-refractivity contribution in [2.24, 2.45) is 0 Å². The van der Waals surface area contributed by atoms with Crippen LogP contribution in [0.4, 0.5) is 5.69 Å². The van der Waals surface area contributed by atoms with Gasteiger partial charge in [-0.1, -0.05) is 6.07 Å². The van der Waals surface area contributed by atoms with Crippen LogP contribution in [0.15, 0.2) is 36.4 Å². The van der Waals surface area contributed by atoms with E-state index < -0.39 is 12.6 Å². The minimum atomic E-state index is -0.601. The SMILES string of the molecule is Cc1cc(C)c2cc(C(=O)OCC(=O)c3ccc4c(c3)NC(=O)CO4)[nH]c2c1. The highest BCUT2D eigenvalue weighted by atomic mass is 16.5. The van der Waals surface area contributed by atoms with Gasteiger partial charge in [0.15, 0.2) is 19.0 Å². The molecule has 0 atom stereocenters. The Morgan fingerprint density at radius 1 is 1.14 bits per heavy atom. The summed E-state index contributed by atoms with van der Waals surface area (Å²) in [5.41, 5.74) is 4.03. The smallest absolute Gasteiger partial charge is 0.355 e. The first-order chi connectivity index (χ1) is 13.4. The molecule has 7 heteroatoms. The molecule has 28 heavy (non-hydrogen) atoms. The summed E-state index contributed by atoms with van der Waals surface area (Å²) in [5, 5.41) is 3.58. The monoisotopic (exact) mass is 378 g/mol. The average Bonchev–Trinajstić information content (AvgIpc) is 3.09. The Kier molecular flexibility index (Phi) is 4.35. The molecule has 3 aromatic rings. The zero-order chi connectivity index (χ0) is 19.8. The topological polar surface area (TPSA) is 97.5 Å². The number of aromatic nitrogens is 1. The number of benzene rings is 2. The first-order valence-corrected chi connectivity index (χ1v) is 8.78. The number of Topliss-reactive ketones (excluding diaryl/α,β-unsaturated/α-hetero) is 1. The summed E-state index contributed by atoms with van der Waals surface area (Å²) in [6.45, 7) is 3.50. The van der Waals surface area contributed by atoms with Crippen molar-refractivity contribution in [1.29, 1.82) is 0 Å². The van der Waals surface area contributed by atoms with Crippen molar-refractivity contribution in [3.63, 3.8) is 0 Å². The molecule has 0 radical (unpaired) electrons. The minimum absolute atomic E-state index is 0.0542. The molecular formula is C21H18N2O5. The number of amides is 1. The summed E-state index contributed by atoms with van der Waals surface area (Å²) in [5.74, 6) is -0.764. The van der Waals surface area contributed by atoms with Crippen molar-refractivity contribution in [3.05, 3.63) is 58.8 Å². The number of esters is 1. The van der Waals surface area contributed by atoms with E-state index in [0.717, 1.165) is 22.0 Å². The van der Waals surface area contributed by atoms with Gasteiger partial charge in [-0.2, -0.15) is 0 Å². The zero-order valence-electron chi connectivity index (χ0n) is 15.4. The molecule has 1 aliphatic rings. The lowest BCUT2D eigenvalue weighted by molar-refractivity contribution is -0.118. The van der Waals surface area contributed by atoms with E-state index in [4.69, 9.17) is 9.47 Å². The lowest BCUT2D eigenvalue weighted by Crippen LogP contribution is -2.25. The maximum absolute atomic E-state index is 12.4. The number of carbonyl (C=O) groups is 3. The molecule has 0 fully saturated rings. The molecule has 142 valence electrons. The predicted octanol–water partition coefficient (Wildman–Crippen LogP) is 3.16. The van der Waals surface area contributed by atoms with Gasteiger partial charge in [-0.05, 0) is 55.3 Å². The van der Waals surface area contributed by atoms with Crippen LogP contribution in [0.1, 0.15) is 32.0 Å². The molecule has 7 nitrogen and oxygen atoms in total. The zero-order valence-corrected chi connectivity index (χ0v) is 15.4. The van der Waals surface area contributed by atoms with Crippen LogP contribution in [0.5, 0.6) is 5.75 Å². The molecule has 4 rings (SSSR count). The number of rotatable bonds is 4. The molecule has 2 heterocycles. The van der Waals surface area contributed by atoms with Crippen LogP contribution >= 0.6 is 0 Å². The van der Waals surface area contributed by atoms with Crippen LogP contribution in [-0.4, -0.2) is 35.9 Å². The first-order valence-electron chi connectivity index (χ1n) is 8.78. The number of fused-ring (bicyclic) bond motifs is 2. The van der Waals surface area contributed by atoms with Crippen molar-refractivity contribution >= 4 is 34.3 Å². The molecule has 1 amide bonds. The van der Waals surface area contributed by atoms with Crippen LogP contribution in [0, 0.1) is 13.8 Å².